The number of rotatable bonds is 6. The summed E-state index contributed by atoms with van der Waals surface area (Å²) in [4.78, 5) is 12.1. The van der Waals surface area contributed by atoms with Gasteiger partial charge in [0.2, 0.25) is 15.9 Å². The third-order valence-electron chi connectivity index (χ3n) is 3.27. The first-order chi connectivity index (χ1) is 11.7. The van der Waals surface area contributed by atoms with Crippen molar-refractivity contribution in [1.29, 1.82) is 0 Å². The summed E-state index contributed by atoms with van der Waals surface area (Å²) < 4.78 is 25.4. The summed E-state index contributed by atoms with van der Waals surface area (Å²) in [7, 11) is -0.613. The third-order valence-corrected chi connectivity index (χ3v) is 5.82. The molecule has 25 heavy (non-hydrogen) atoms. The Morgan fingerprint density at radius 3 is 2.40 bits per heavy atom. The topological polar surface area (TPSA) is 78.5 Å². The number of sulfonamides is 1. The van der Waals surface area contributed by atoms with E-state index in [1.807, 2.05) is 0 Å². The lowest BCUT2D eigenvalue weighted by molar-refractivity contribution is -0.114. The second-order valence-corrected chi connectivity index (χ2v) is 8.31. The van der Waals surface area contributed by atoms with Crippen molar-refractivity contribution in [3.05, 3.63) is 52.5 Å². The number of benzene rings is 2. The highest BCUT2D eigenvalue weighted by molar-refractivity contribution is 7.89. The average Bonchev–Trinajstić information content (AvgIpc) is 2.56. The van der Waals surface area contributed by atoms with Gasteiger partial charge < -0.3 is 10.6 Å². The molecule has 0 spiro atoms. The van der Waals surface area contributed by atoms with Crippen molar-refractivity contribution in [2.75, 3.05) is 31.3 Å². The van der Waals surface area contributed by atoms with Gasteiger partial charge in [-0.2, -0.15) is 0 Å². The van der Waals surface area contributed by atoms with Crippen LogP contribution in [-0.4, -0.2) is 39.3 Å². The van der Waals surface area contributed by atoms with Crippen LogP contribution in [0.1, 0.15) is 0 Å². The summed E-state index contributed by atoms with van der Waals surface area (Å²) in [6.45, 7) is -0.0360. The first-order valence-corrected chi connectivity index (χ1v) is 9.41. The standard InChI is InChI=1S/C16H17Cl2N3O3S/c1-21(2)25(23,24)13-5-3-4-11(8-13)19-10-16(22)20-12-6-7-14(17)15(18)9-12/h3-9,19H,10H2,1-2H3,(H,20,22). The zero-order chi connectivity index (χ0) is 18.6. The fourth-order valence-corrected chi connectivity index (χ4v) is 3.18. The van der Waals surface area contributed by atoms with Crippen LogP contribution in [0.3, 0.4) is 0 Å². The molecular formula is C16H17Cl2N3O3S. The van der Waals surface area contributed by atoms with E-state index in [9.17, 15) is 13.2 Å². The maximum absolute atomic E-state index is 12.1. The van der Waals surface area contributed by atoms with Gasteiger partial charge in [0, 0.05) is 25.5 Å². The molecule has 0 aliphatic carbocycles. The predicted molar refractivity (Wildman–Crippen MR) is 101 cm³/mol. The van der Waals surface area contributed by atoms with E-state index in [1.165, 1.54) is 26.2 Å². The SMILES string of the molecule is CN(C)S(=O)(=O)c1cccc(NCC(=O)Nc2ccc(Cl)c(Cl)c2)c1. The second kappa shape index (κ2) is 8.05. The van der Waals surface area contributed by atoms with Gasteiger partial charge in [-0.1, -0.05) is 29.3 Å². The van der Waals surface area contributed by atoms with Crippen LogP contribution in [0.15, 0.2) is 47.4 Å². The lowest BCUT2D eigenvalue weighted by Crippen LogP contribution is -2.23. The number of carbonyl (C=O) groups is 1. The Morgan fingerprint density at radius 1 is 1.04 bits per heavy atom. The summed E-state index contributed by atoms with van der Waals surface area (Å²) in [5, 5.41) is 6.30. The van der Waals surface area contributed by atoms with Crippen molar-refractivity contribution in [1.82, 2.24) is 4.31 Å². The minimum atomic E-state index is -3.53. The Kier molecular flexibility index (Phi) is 6.29. The average molecular weight is 402 g/mol. The zero-order valence-electron chi connectivity index (χ0n) is 13.6. The summed E-state index contributed by atoms with van der Waals surface area (Å²) in [5.74, 6) is -0.306. The number of hydrogen-bond donors (Lipinski definition) is 2. The summed E-state index contributed by atoms with van der Waals surface area (Å²) in [6.07, 6.45) is 0. The molecule has 2 aromatic carbocycles. The van der Waals surface area contributed by atoms with Crippen molar-refractivity contribution >= 4 is 50.5 Å². The van der Waals surface area contributed by atoms with Crippen LogP contribution in [0.2, 0.25) is 10.0 Å². The number of anilines is 2. The number of nitrogens with zero attached hydrogens (tertiary/aromatic N) is 1. The fourth-order valence-electron chi connectivity index (χ4n) is 1.94. The molecule has 9 heteroatoms. The van der Waals surface area contributed by atoms with Crippen LogP contribution in [0.4, 0.5) is 11.4 Å². The largest absolute Gasteiger partial charge is 0.376 e. The Morgan fingerprint density at radius 2 is 1.76 bits per heavy atom. The molecule has 2 N–H and O–H groups in total. The van der Waals surface area contributed by atoms with Gasteiger partial charge in [-0.15, -0.1) is 0 Å². The van der Waals surface area contributed by atoms with Crippen molar-refractivity contribution in [3.63, 3.8) is 0 Å². The molecule has 0 aliphatic rings. The quantitative estimate of drug-likeness (QED) is 0.777. The molecule has 0 saturated heterocycles. The number of amides is 1. The molecule has 0 heterocycles. The number of nitrogens with one attached hydrogen (secondary N) is 2. The van der Waals surface area contributed by atoms with Crippen LogP contribution >= 0.6 is 23.2 Å². The summed E-state index contributed by atoms with van der Waals surface area (Å²) >= 11 is 11.7. The first-order valence-electron chi connectivity index (χ1n) is 7.21. The normalized spacial score (nSPS) is 11.4. The smallest absolute Gasteiger partial charge is 0.243 e. The minimum Gasteiger partial charge on any atom is -0.376 e. The van der Waals surface area contributed by atoms with E-state index >= 15 is 0 Å². The lowest BCUT2D eigenvalue weighted by atomic mass is 10.3. The highest BCUT2D eigenvalue weighted by atomic mass is 35.5. The van der Waals surface area contributed by atoms with Crippen LogP contribution < -0.4 is 10.6 Å². The minimum absolute atomic E-state index is 0.0360. The van der Waals surface area contributed by atoms with Gasteiger partial charge in [-0.05, 0) is 36.4 Å². The second-order valence-electron chi connectivity index (χ2n) is 5.35. The van der Waals surface area contributed by atoms with Gasteiger partial charge >= 0.3 is 0 Å². The molecule has 0 saturated carbocycles. The predicted octanol–water partition coefficient (Wildman–Crippen LogP) is 3.29. The highest BCUT2D eigenvalue weighted by Gasteiger charge is 2.17. The van der Waals surface area contributed by atoms with Crippen molar-refractivity contribution in [2.24, 2.45) is 0 Å². The van der Waals surface area contributed by atoms with Gasteiger partial charge in [0.05, 0.1) is 21.5 Å². The van der Waals surface area contributed by atoms with Gasteiger partial charge in [0.25, 0.3) is 0 Å². The molecule has 0 bridgehead atoms. The van der Waals surface area contributed by atoms with Gasteiger partial charge in [0.1, 0.15) is 0 Å². The molecule has 0 unspecified atom stereocenters. The maximum Gasteiger partial charge on any atom is 0.243 e. The van der Waals surface area contributed by atoms with Crippen molar-refractivity contribution < 1.29 is 13.2 Å². The Bertz CT molecular complexity index is 886. The first kappa shape index (κ1) is 19.5. The van der Waals surface area contributed by atoms with Crippen molar-refractivity contribution in [3.8, 4) is 0 Å². The highest BCUT2D eigenvalue weighted by Crippen LogP contribution is 2.25. The van der Waals surface area contributed by atoms with Crippen LogP contribution in [-0.2, 0) is 14.8 Å². The molecule has 6 nitrogen and oxygen atoms in total. The Hall–Kier alpha value is -1.80. The molecule has 0 aromatic heterocycles. The van der Waals surface area contributed by atoms with E-state index in [2.05, 4.69) is 10.6 Å². The van der Waals surface area contributed by atoms with E-state index < -0.39 is 10.0 Å². The molecular weight excluding hydrogens is 385 g/mol. The molecule has 2 aromatic rings. The molecule has 0 radical (unpaired) electrons. The van der Waals surface area contributed by atoms with Gasteiger partial charge in [-0.3, -0.25) is 4.79 Å². The van der Waals surface area contributed by atoms with Crippen LogP contribution in [0.5, 0.6) is 0 Å². The number of halogens is 2. The van der Waals surface area contributed by atoms with Crippen molar-refractivity contribution in [2.45, 2.75) is 4.90 Å². The van der Waals surface area contributed by atoms with Gasteiger partial charge in [-0.25, -0.2) is 12.7 Å². The Labute approximate surface area is 156 Å². The molecule has 1 amide bonds. The zero-order valence-corrected chi connectivity index (χ0v) is 15.9. The van der Waals surface area contributed by atoms with E-state index in [-0.39, 0.29) is 17.3 Å². The Balaban J connectivity index is 2.01. The summed E-state index contributed by atoms with van der Waals surface area (Å²) in [6, 6.07) is 11.0. The molecule has 2 rings (SSSR count). The van der Waals surface area contributed by atoms with Crippen LogP contribution in [0, 0.1) is 0 Å². The third kappa shape index (κ3) is 5.09. The summed E-state index contributed by atoms with van der Waals surface area (Å²) in [5.41, 5.74) is 1.04. The lowest BCUT2D eigenvalue weighted by Gasteiger charge is -2.13. The fraction of sp³-hybridized carbons (Fsp3) is 0.188. The van der Waals surface area contributed by atoms with E-state index in [4.69, 9.17) is 23.2 Å². The van der Waals surface area contributed by atoms with E-state index in [0.29, 0.717) is 21.4 Å². The molecule has 0 fully saturated rings. The number of hydrogen-bond acceptors (Lipinski definition) is 4. The van der Waals surface area contributed by atoms with Gasteiger partial charge in [0.15, 0.2) is 0 Å². The van der Waals surface area contributed by atoms with E-state index in [1.54, 1.807) is 30.3 Å². The molecule has 0 aliphatic heterocycles. The maximum atomic E-state index is 12.1. The monoisotopic (exact) mass is 401 g/mol. The molecule has 0 atom stereocenters. The van der Waals surface area contributed by atoms with E-state index in [0.717, 1.165) is 4.31 Å². The van der Waals surface area contributed by atoms with Crippen LogP contribution in [0.25, 0.3) is 0 Å². The number of carbonyl (C=O) groups excluding carboxylic acids is 1. The molecule has 134 valence electrons.